The molecule has 0 amide bonds. The zero-order valence-electron chi connectivity index (χ0n) is 7.53. The van der Waals surface area contributed by atoms with Gasteiger partial charge in [0.1, 0.15) is 11.5 Å². The minimum atomic E-state index is 0.104. The average Bonchev–Trinajstić information content (AvgIpc) is 1.84. The second-order valence-electron chi connectivity index (χ2n) is 2.44. The number of rotatable bonds is 0. The van der Waals surface area contributed by atoms with E-state index in [0.29, 0.717) is 0 Å². The van der Waals surface area contributed by atoms with Gasteiger partial charge in [0.25, 0.3) is 0 Å². The molecule has 0 aliphatic heterocycles. The molecule has 0 bridgehead atoms. The molecule has 0 heterocycles. The predicted octanol–water partition coefficient (Wildman–Crippen LogP) is 1.67. The maximum Gasteiger partial charge on any atom is 0.119 e. The maximum absolute atomic E-state index is 8.83. The Bertz CT molecular complexity index is 183. The Balaban J connectivity index is 0.000000354. The van der Waals surface area contributed by atoms with E-state index in [1.54, 1.807) is 33.3 Å². The standard InChI is InChI=1S/C7H8O2.C2H6O/c1-5-2-6(8)4-7(9)3-5;1-3-2/h2-4,8-9H,1H3;1-2H3. The van der Waals surface area contributed by atoms with Gasteiger partial charge in [-0.15, -0.1) is 0 Å². The van der Waals surface area contributed by atoms with E-state index in [1.165, 1.54) is 6.07 Å². The molecule has 1 aromatic rings. The largest absolute Gasteiger partial charge is 0.508 e. The highest BCUT2D eigenvalue weighted by Gasteiger charge is 1.91. The third kappa shape index (κ3) is 4.57. The second kappa shape index (κ2) is 5.43. The minimum Gasteiger partial charge on any atom is -0.508 e. The van der Waals surface area contributed by atoms with E-state index >= 15 is 0 Å². The smallest absolute Gasteiger partial charge is 0.119 e. The third-order valence-electron chi connectivity index (χ3n) is 1.05. The minimum absolute atomic E-state index is 0.104. The quantitative estimate of drug-likeness (QED) is 0.622. The van der Waals surface area contributed by atoms with Crippen molar-refractivity contribution in [1.82, 2.24) is 0 Å². The lowest BCUT2D eigenvalue weighted by molar-refractivity contribution is 0.277. The maximum atomic E-state index is 8.83. The summed E-state index contributed by atoms with van der Waals surface area (Å²) < 4.78 is 4.25. The van der Waals surface area contributed by atoms with Crippen LogP contribution in [0.3, 0.4) is 0 Å². The van der Waals surface area contributed by atoms with Crippen molar-refractivity contribution in [3.8, 4) is 11.5 Å². The number of ether oxygens (including phenoxy) is 1. The molecule has 2 N–H and O–H groups in total. The number of phenolic OH excluding ortho intramolecular Hbond substituents is 2. The van der Waals surface area contributed by atoms with Crippen LogP contribution < -0.4 is 0 Å². The van der Waals surface area contributed by atoms with Crippen LogP contribution in [0.1, 0.15) is 5.56 Å². The zero-order valence-corrected chi connectivity index (χ0v) is 7.53. The van der Waals surface area contributed by atoms with Gasteiger partial charge in [0.05, 0.1) is 0 Å². The number of aryl methyl sites for hydroxylation is 1. The number of phenols is 2. The molecular weight excluding hydrogens is 156 g/mol. The van der Waals surface area contributed by atoms with E-state index in [0.717, 1.165) is 5.56 Å². The van der Waals surface area contributed by atoms with Crippen molar-refractivity contribution in [2.24, 2.45) is 0 Å². The molecule has 0 spiro atoms. The molecule has 12 heavy (non-hydrogen) atoms. The first-order chi connectivity index (χ1) is 5.60. The summed E-state index contributed by atoms with van der Waals surface area (Å²) in [5.74, 6) is 0.208. The second-order valence-corrected chi connectivity index (χ2v) is 2.44. The van der Waals surface area contributed by atoms with Gasteiger partial charge in [-0.2, -0.15) is 0 Å². The van der Waals surface area contributed by atoms with Crippen molar-refractivity contribution < 1.29 is 14.9 Å². The van der Waals surface area contributed by atoms with Crippen LogP contribution in [0.25, 0.3) is 0 Å². The fourth-order valence-electron chi connectivity index (χ4n) is 0.743. The molecule has 0 atom stereocenters. The van der Waals surface area contributed by atoms with Gasteiger partial charge in [-0.1, -0.05) is 0 Å². The summed E-state index contributed by atoms with van der Waals surface area (Å²) >= 11 is 0. The van der Waals surface area contributed by atoms with Crippen LogP contribution in [0.15, 0.2) is 18.2 Å². The summed E-state index contributed by atoms with van der Waals surface area (Å²) in [5.41, 5.74) is 0.854. The molecule has 1 aromatic carbocycles. The lowest BCUT2D eigenvalue weighted by Gasteiger charge is -1.94. The van der Waals surface area contributed by atoms with Crippen LogP contribution in [0, 0.1) is 6.92 Å². The fraction of sp³-hybridized carbons (Fsp3) is 0.333. The lowest BCUT2D eigenvalue weighted by Crippen LogP contribution is -1.70. The molecule has 0 radical (unpaired) electrons. The number of methoxy groups -OCH3 is 1. The molecule has 0 saturated carbocycles. The summed E-state index contributed by atoms with van der Waals surface area (Å²) in [6.45, 7) is 1.80. The summed E-state index contributed by atoms with van der Waals surface area (Å²) in [7, 11) is 3.25. The Kier molecular flexibility index (Phi) is 4.88. The van der Waals surface area contributed by atoms with E-state index < -0.39 is 0 Å². The summed E-state index contributed by atoms with van der Waals surface area (Å²) in [6.07, 6.45) is 0. The highest BCUT2D eigenvalue weighted by molar-refractivity contribution is 5.35. The van der Waals surface area contributed by atoms with Gasteiger partial charge >= 0.3 is 0 Å². The van der Waals surface area contributed by atoms with Crippen molar-refractivity contribution in [3.63, 3.8) is 0 Å². The Labute approximate surface area is 72.2 Å². The highest BCUT2D eigenvalue weighted by atomic mass is 16.4. The average molecular weight is 170 g/mol. The first-order valence-corrected chi connectivity index (χ1v) is 3.50. The van der Waals surface area contributed by atoms with Gasteiger partial charge in [-0.3, -0.25) is 0 Å². The van der Waals surface area contributed by atoms with Crippen LogP contribution in [0.4, 0.5) is 0 Å². The van der Waals surface area contributed by atoms with Crippen molar-refractivity contribution in [3.05, 3.63) is 23.8 Å². The van der Waals surface area contributed by atoms with Crippen LogP contribution in [0.5, 0.6) is 11.5 Å². The van der Waals surface area contributed by atoms with E-state index in [1.807, 2.05) is 0 Å². The topological polar surface area (TPSA) is 49.7 Å². The lowest BCUT2D eigenvalue weighted by atomic mass is 10.2. The molecule has 0 fully saturated rings. The third-order valence-corrected chi connectivity index (χ3v) is 1.05. The van der Waals surface area contributed by atoms with Crippen LogP contribution in [0.2, 0.25) is 0 Å². The molecule has 0 aromatic heterocycles. The summed E-state index contributed by atoms with van der Waals surface area (Å²) in [4.78, 5) is 0. The molecule has 3 heteroatoms. The van der Waals surface area contributed by atoms with Gasteiger partial charge < -0.3 is 14.9 Å². The highest BCUT2D eigenvalue weighted by Crippen LogP contribution is 2.18. The Morgan fingerprint density at radius 1 is 1.00 bits per heavy atom. The van der Waals surface area contributed by atoms with Crippen molar-refractivity contribution in [2.75, 3.05) is 14.2 Å². The molecule has 3 nitrogen and oxygen atoms in total. The Morgan fingerprint density at radius 3 is 1.58 bits per heavy atom. The van der Waals surface area contributed by atoms with Crippen LogP contribution in [-0.4, -0.2) is 24.4 Å². The molecule has 0 aliphatic rings. The van der Waals surface area contributed by atoms with Gasteiger partial charge in [0.2, 0.25) is 0 Å². The molecule has 0 unspecified atom stereocenters. The fourth-order valence-corrected chi connectivity index (χ4v) is 0.743. The Hall–Kier alpha value is -1.22. The van der Waals surface area contributed by atoms with Gasteiger partial charge in [-0.25, -0.2) is 0 Å². The summed E-state index contributed by atoms with van der Waals surface area (Å²) in [6, 6.07) is 4.46. The Morgan fingerprint density at radius 2 is 1.33 bits per heavy atom. The van der Waals surface area contributed by atoms with E-state index in [2.05, 4.69) is 4.74 Å². The normalized spacial score (nSPS) is 8.58. The van der Waals surface area contributed by atoms with E-state index in [9.17, 15) is 0 Å². The molecule has 0 saturated heterocycles. The first kappa shape index (κ1) is 10.8. The number of hydrogen-bond acceptors (Lipinski definition) is 3. The number of benzene rings is 1. The van der Waals surface area contributed by atoms with Gasteiger partial charge in [0.15, 0.2) is 0 Å². The molecular formula is C9H14O3. The zero-order chi connectivity index (χ0) is 9.56. The monoisotopic (exact) mass is 170 g/mol. The van der Waals surface area contributed by atoms with Gasteiger partial charge in [0, 0.05) is 20.3 Å². The SMILES string of the molecule is COC.Cc1cc(O)cc(O)c1. The predicted molar refractivity (Wildman–Crippen MR) is 47.4 cm³/mol. The number of hydrogen-bond donors (Lipinski definition) is 2. The van der Waals surface area contributed by atoms with Crippen molar-refractivity contribution in [2.45, 2.75) is 6.92 Å². The first-order valence-electron chi connectivity index (χ1n) is 3.50. The number of aromatic hydroxyl groups is 2. The molecule has 1 rings (SSSR count). The van der Waals surface area contributed by atoms with Crippen LogP contribution in [-0.2, 0) is 4.74 Å². The van der Waals surface area contributed by atoms with Crippen molar-refractivity contribution >= 4 is 0 Å². The molecule has 68 valence electrons. The van der Waals surface area contributed by atoms with E-state index in [4.69, 9.17) is 10.2 Å². The van der Waals surface area contributed by atoms with Gasteiger partial charge in [-0.05, 0) is 24.6 Å². The molecule has 0 aliphatic carbocycles. The van der Waals surface area contributed by atoms with Crippen molar-refractivity contribution in [1.29, 1.82) is 0 Å². The van der Waals surface area contributed by atoms with E-state index in [-0.39, 0.29) is 11.5 Å². The summed E-state index contributed by atoms with van der Waals surface area (Å²) in [5, 5.41) is 17.7. The van der Waals surface area contributed by atoms with Crippen LogP contribution >= 0.6 is 0 Å².